The number of rotatable bonds is 5. The van der Waals surface area contributed by atoms with E-state index in [4.69, 9.17) is 5.11 Å². The number of carbonyl (C=O) groups is 3. The number of hydrogen-bond acceptors (Lipinski definition) is 4. The van der Waals surface area contributed by atoms with Gasteiger partial charge in [0.15, 0.2) is 0 Å². The summed E-state index contributed by atoms with van der Waals surface area (Å²) in [6.07, 6.45) is -0.488. The number of carbonyl (C=O) groups excluding carboxylic acids is 2. The van der Waals surface area contributed by atoms with Gasteiger partial charge in [0.05, 0.1) is 13.5 Å². The molecule has 0 radical (unpaired) electrons. The highest BCUT2D eigenvalue weighted by Gasteiger charge is 2.24. The van der Waals surface area contributed by atoms with Crippen LogP contribution in [0.5, 0.6) is 0 Å². The minimum atomic E-state index is -1.40. The molecule has 0 aliphatic rings. The Labute approximate surface area is 114 Å². The van der Waals surface area contributed by atoms with Gasteiger partial charge in [0.25, 0.3) is 5.91 Å². The second-order valence-corrected chi connectivity index (χ2v) is 4.11. The molecule has 0 saturated heterocycles. The molecule has 1 atom stereocenters. The summed E-state index contributed by atoms with van der Waals surface area (Å²) >= 11 is 0. The van der Waals surface area contributed by atoms with Gasteiger partial charge in [-0.3, -0.25) is 9.59 Å². The summed E-state index contributed by atoms with van der Waals surface area (Å²) < 4.78 is 17.4. The van der Waals surface area contributed by atoms with E-state index in [0.29, 0.717) is 0 Å². The second-order valence-electron chi connectivity index (χ2n) is 4.11. The SMILES string of the molecule is COC(=O)C[C@H](NC(=O)c1ccc(F)c(C)c1)C(=O)O. The van der Waals surface area contributed by atoms with Crippen molar-refractivity contribution in [2.45, 2.75) is 19.4 Å². The Kier molecular flexibility index (Phi) is 5.19. The fourth-order valence-electron chi connectivity index (χ4n) is 1.48. The molecule has 0 aliphatic carbocycles. The van der Waals surface area contributed by atoms with Crippen molar-refractivity contribution in [1.82, 2.24) is 5.32 Å². The Hall–Kier alpha value is -2.44. The molecular formula is C13H14FNO5. The third kappa shape index (κ3) is 4.04. The second kappa shape index (κ2) is 6.65. The molecule has 0 spiro atoms. The number of methoxy groups -OCH3 is 1. The fraction of sp³-hybridized carbons (Fsp3) is 0.308. The number of aliphatic carboxylic acids is 1. The maximum absolute atomic E-state index is 13.1. The van der Waals surface area contributed by atoms with Gasteiger partial charge in [-0.1, -0.05) is 0 Å². The molecule has 7 heteroatoms. The lowest BCUT2D eigenvalue weighted by Gasteiger charge is -2.13. The predicted molar refractivity (Wildman–Crippen MR) is 66.7 cm³/mol. The van der Waals surface area contributed by atoms with Crippen molar-refractivity contribution >= 4 is 17.8 Å². The zero-order chi connectivity index (χ0) is 15.3. The van der Waals surface area contributed by atoms with Crippen molar-refractivity contribution in [3.05, 3.63) is 35.1 Å². The van der Waals surface area contributed by atoms with Crippen LogP contribution >= 0.6 is 0 Å². The quantitative estimate of drug-likeness (QED) is 0.782. The standard InChI is InChI=1S/C13H14FNO5/c1-7-5-8(3-4-9(7)14)12(17)15-10(13(18)19)6-11(16)20-2/h3-5,10H,6H2,1-2H3,(H,15,17)(H,18,19)/t10-/m0/s1. The molecule has 6 nitrogen and oxygen atoms in total. The van der Waals surface area contributed by atoms with Crippen LogP contribution in [0.4, 0.5) is 4.39 Å². The fourth-order valence-corrected chi connectivity index (χ4v) is 1.48. The minimum Gasteiger partial charge on any atom is -0.480 e. The van der Waals surface area contributed by atoms with Gasteiger partial charge in [-0.25, -0.2) is 9.18 Å². The molecule has 1 aromatic carbocycles. The predicted octanol–water partition coefficient (Wildman–Crippen LogP) is 0.880. The topological polar surface area (TPSA) is 92.7 Å². The monoisotopic (exact) mass is 283 g/mol. The van der Waals surface area contributed by atoms with Crippen LogP contribution in [0.2, 0.25) is 0 Å². The highest BCUT2D eigenvalue weighted by molar-refractivity contribution is 5.97. The molecule has 1 aromatic rings. The van der Waals surface area contributed by atoms with E-state index >= 15 is 0 Å². The van der Waals surface area contributed by atoms with Crippen LogP contribution in [0, 0.1) is 12.7 Å². The molecule has 1 amide bonds. The molecule has 0 saturated carbocycles. The van der Waals surface area contributed by atoms with Crippen LogP contribution in [0.1, 0.15) is 22.3 Å². The number of ether oxygens (including phenoxy) is 1. The summed E-state index contributed by atoms with van der Waals surface area (Å²) in [5.41, 5.74) is 0.373. The van der Waals surface area contributed by atoms with Gasteiger partial charge in [-0.05, 0) is 30.7 Å². The number of benzene rings is 1. The van der Waals surface area contributed by atoms with Crippen molar-refractivity contribution in [1.29, 1.82) is 0 Å². The van der Waals surface area contributed by atoms with E-state index in [1.807, 2.05) is 0 Å². The average Bonchev–Trinajstić information content (AvgIpc) is 2.40. The smallest absolute Gasteiger partial charge is 0.326 e. The minimum absolute atomic E-state index is 0.111. The first kappa shape index (κ1) is 15.6. The highest BCUT2D eigenvalue weighted by Crippen LogP contribution is 2.09. The van der Waals surface area contributed by atoms with E-state index in [0.717, 1.165) is 13.2 Å². The molecule has 0 heterocycles. The lowest BCUT2D eigenvalue weighted by Crippen LogP contribution is -2.42. The third-order valence-corrected chi connectivity index (χ3v) is 2.62. The number of carboxylic acid groups (broad SMARTS) is 1. The van der Waals surface area contributed by atoms with E-state index in [1.54, 1.807) is 0 Å². The molecule has 1 rings (SSSR count). The molecule has 0 aliphatic heterocycles. The molecule has 0 fully saturated rings. The van der Waals surface area contributed by atoms with Crippen LogP contribution in [0.3, 0.4) is 0 Å². The highest BCUT2D eigenvalue weighted by atomic mass is 19.1. The van der Waals surface area contributed by atoms with Crippen molar-refractivity contribution in [3.8, 4) is 0 Å². The summed E-state index contributed by atoms with van der Waals surface area (Å²) in [4.78, 5) is 33.9. The largest absolute Gasteiger partial charge is 0.480 e. The van der Waals surface area contributed by atoms with Crippen LogP contribution < -0.4 is 5.32 Å². The number of nitrogens with one attached hydrogen (secondary N) is 1. The Morgan fingerprint density at radius 1 is 1.40 bits per heavy atom. The van der Waals surface area contributed by atoms with Gasteiger partial charge in [-0.2, -0.15) is 0 Å². The Bertz CT molecular complexity index is 544. The first-order valence-electron chi connectivity index (χ1n) is 5.71. The average molecular weight is 283 g/mol. The van der Waals surface area contributed by atoms with E-state index in [-0.39, 0.29) is 11.1 Å². The zero-order valence-corrected chi connectivity index (χ0v) is 11.0. The number of hydrogen-bond donors (Lipinski definition) is 2. The van der Waals surface area contributed by atoms with Crippen molar-refractivity contribution in [3.63, 3.8) is 0 Å². The van der Waals surface area contributed by atoms with Crippen molar-refractivity contribution in [2.24, 2.45) is 0 Å². The number of halogens is 1. The Morgan fingerprint density at radius 2 is 2.05 bits per heavy atom. The lowest BCUT2D eigenvalue weighted by molar-refractivity contribution is -0.147. The van der Waals surface area contributed by atoms with E-state index in [1.165, 1.54) is 19.1 Å². The van der Waals surface area contributed by atoms with Crippen LogP contribution in [0.25, 0.3) is 0 Å². The normalized spacial score (nSPS) is 11.6. The maximum atomic E-state index is 13.1. The van der Waals surface area contributed by atoms with E-state index < -0.39 is 36.1 Å². The van der Waals surface area contributed by atoms with Gasteiger partial charge in [-0.15, -0.1) is 0 Å². The lowest BCUT2D eigenvalue weighted by atomic mass is 10.1. The van der Waals surface area contributed by atoms with Gasteiger partial charge in [0.2, 0.25) is 0 Å². The summed E-state index contributed by atoms with van der Waals surface area (Å²) in [6.45, 7) is 1.48. The number of carboxylic acids is 1. The van der Waals surface area contributed by atoms with Crippen molar-refractivity contribution in [2.75, 3.05) is 7.11 Å². The summed E-state index contributed by atoms with van der Waals surface area (Å²) in [5, 5.41) is 11.1. The molecule has 0 bridgehead atoms. The van der Waals surface area contributed by atoms with Gasteiger partial charge in [0, 0.05) is 5.56 Å². The Morgan fingerprint density at radius 3 is 2.55 bits per heavy atom. The van der Waals surface area contributed by atoms with Gasteiger partial charge in [0.1, 0.15) is 11.9 Å². The maximum Gasteiger partial charge on any atom is 0.326 e. The van der Waals surface area contributed by atoms with E-state index in [9.17, 15) is 18.8 Å². The third-order valence-electron chi connectivity index (χ3n) is 2.62. The summed E-state index contributed by atoms with van der Waals surface area (Å²) in [5.74, 6) is -3.29. The summed E-state index contributed by atoms with van der Waals surface area (Å²) in [6, 6.07) is 2.23. The van der Waals surface area contributed by atoms with E-state index in [2.05, 4.69) is 10.1 Å². The molecule has 2 N–H and O–H groups in total. The Balaban J connectivity index is 2.82. The molecule has 0 unspecified atom stereocenters. The molecule has 108 valence electrons. The van der Waals surface area contributed by atoms with Gasteiger partial charge >= 0.3 is 11.9 Å². The van der Waals surface area contributed by atoms with Gasteiger partial charge < -0.3 is 15.2 Å². The number of aryl methyl sites for hydroxylation is 1. The van der Waals surface area contributed by atoms with Crippen molar-refractivity contribution < 1.29 is 28.6 Å². The first-order chi connectivity index (χ1) is 9.35. The summed E-state index contributed by atoms with van der Waals surface area (Å²) in [7, 11) is 1.12. The molecule has 20 heavy (non-hydrogen) atoms. The van der Waals surface area contributed by atoms with Crippen LogP contribution in [-0.2, 0) is 14.3 Å². The zero-order valence-electron chi connectivity index (χ0n) is 11.0. The van der Waals surface area contributed by atoms with Crippen LogP contribution in [-0.4, -0.2) is 36.1 Å². The van der Waals surface area contributed by atoms with Crippen LogP contribution in [0.15, 0.2) is 18.2 Å². The number of amides is 1. The molecule has 0 aromatic heterocycles. The number of esters is 1. The molecular weight excluding hydrogens is 269 g/mol. The first-order valence-corrected chi connectivity index (χ1v) is 5.71.